The number of ether oxygens (including phenoxy) is 1. The van der Waals surface area contributed by atoms with Gasteiger partial charge in [-0.3, -0.25) is 4.90 Å². The van der Waals surface area contributed by atoms with Crippen molar-refractivity contribution in [3.63, 3.8) is 0 Å². The SMILES string of the molecule is CCN(Cc1cc(C)c(C(=O)OC)o1)CC(C)(C)CN. The van der Waals surface area contributed by atoms with E-state index in [-0.39, 0.29) is 11.2 Å². The second-order valence-corrected chi connectivity index (χ2v) is 5.89. The maximum atomic E-state index is 11.5. The number of aryl methyl sites for hydroxylation is 1. The molecule has 0 radical (unpaired) electrons. The Morgan fingerprint density at radius 1 is 1.50 bits per heavy atom. The summed E-state index contributed by atoms with van der Waals surface area (Å²) in [7, 11) is 1.35. The Labute approximate surface area is 121 Å². The Balaban J connectivity index is 2.78. The molecule has 0 fully saturated rings. The number of esters is 1. The molecule has 20 heavy (non-hydrogen) atoms. The number of hydrogen-bond donors (Lipinski definition) is 1. The van der Waals surface area contributed by atoms with Crippen molar-refractivity contribution in [3.8, 4) is 0 Å². The van der Waals surface area contributed by atoms with Gasteiger partial charge >= 0.3 is 5.97 Å². The predicted molar refractivity (Wildman–Crippen MR) is 78.6 cm³/mol. The van der Waals surface area contributed by atoms with Crippen LogP contribution in [0.3, 0.4) is 0 Å². The number of hydrogen-bond acceptors (Lipinski definition) is 5. The van der Waals surface area contributed by atoms with Crippen molar-refractivity contribution < 1.29 is 13.9 Å². The summed E-state index contributed by atoms with van der Waals surface area (Å²) in [5.74, 6) is 0.633. The molecule has 0 spiro atoms. The van der Waals surface area contributed by atoms with Crippen LogP contribution in [0.2, 0.25) is 0 Å². The Morgan fingerprint density at radius 2 is 2.15 bits per heavy atom. The Morgan fingerprint density at radius 3 is 2.65 bits per heavy atom. The second-order valence-electron chi connectivity index (χ2n) is 5.89. The molecule has 0 bridgehead atoms. The van der Waals surface area contributed by atoms with Crippen molar-refractivity contribution in [2.24, 2.45) is 11.1 Å². The highest BCUT2D eigenvalue weighted by molar-refractivity contribution is 5.87. The van der Waals surface area contributed by atoms with Crippen molar-refractivity contribution in [1.29, 1.82) is 0 Å². The van der Waals surface area contributed by atoms with Crippen LogP contribution in [0.1, 0.15) is 42.6 Å². The third-order valence-electron chi connectivity index (χ3n) is 3.37. The third kappa shape index (κ3) is 4.35. The van der Waals surface area contributed by atoms with Crippen LogP contribution in [-0.2, 0) is 11.3 Å². The van der Waals surface area contributed by atoms with Crippen molar-refractivity contribution in [3.05, 3.63) is 23.2 Å². The van der Waals surface area contributed by atoms with E-state index in [2.05, 4.69) is 25.7 Å². The van der Waals surface area contributed by atoms with Gasteiger partial charge in [-0.1, -0.05) is 20.8 Å². The van der Waals surface area contributed by atoms with Crippen LogP contribution >= 0.6 is 0 Å². The smallest absolute Gasteiger partial charge is 0.374 e. The number of furan rings is 1. The van der Waals surface area contributed by atoms with Gasteiger partial charge in [0.2, 0.25) is 5.76 Å². The molecule has 0 saturated heterocycles. The molecular formula is C15H26N2O3. The molecule has 1 aromatic rings. The second kappa shape index (κ2) is 6.90. The highest BCUT2D eigenvalue weighted by Crippen LogP contribution is 2.20. The standard InChI is InChI=1S/C15H26N2O3/c1-6-17(10-15(3,4)9-16)8-12-7-11(2)13(20-12)14(18)19-5/h7H,6,8-10,16H2,1-5H3. The first-order valence-corrected chi connectivity index (χ1v) is 6.93. The zero-order valence-electron chi connectivity index (χ0n) is 13.2. The summed E-state index contributed by atoms with van der Waals surface area (Å²) in [6.45, 7) is 11.3. The van der Waals surface area contributed by atoms with Gasteiger partial charge in [-0.25, -0.2) is 4.79 Å². The maximum absolute atomic E-state index is 11.5. The van der Waals surface area contributed by atoms with Crippen LogP contribution in [0.4, 0.5) is 0 Å². The number of nitrogens with zero attached hydrogens (tertiary/aromatic N) is 1. The van der Waals surface area contributed by atoms with Crippen molar-refractivity contribution >= 4 is 5.97 Å². The first kappa shape index (κ1) is 16.7. The van der Waals surface area contributed by atoms with E-state index in [4.69, 9.17) is 14.9 Å². The van der Waals surface area contributed by atoms with E-state index in [1.54, 1.807) is 0 Å². The number of nitrogens with two attached hydrogens (primary N) is 1. The summed E-state index contributed by atoms with van der Waals surface area (Å²) in [6.07, 6.45) is 0. The fourth-order valence-electron chi connectivity index (χ4n) is 2.09. The molecule has 5 nitrogen and oxygen atoms in total. The topological polar surface area (TPSA) is 68.7 Å². The molecule has 0 aliphatic carbocycles. The minimum absolute atomic E-state index is 0.0584. The fourth-order valence-corrected chi connectivity index (χ4v) is 2.09. The zero-order chi connectivity index (χ0) is 15.3. The average molecular weight is 282 g/mol. The summed E-state index contributed by atoms with van der Waals surface area (Å²) in [5.41, 5.74) is 6.64. The minimum Gasteiger partial charge on any atom is -0.463 e. The van der Waals surface area contributed by atoms with Crippen LogP contribution in [-0.4, -0.2) is 37.6 Å². The third-order valence-corrected chi connectivity index (χ3v) is 3.37. The molecule has 0 amide bonds. The van der Waals surface area contributed by atoms with Gasteiger partial charge in [-0.2, -0.15) is 0 Å². The van der Waals surface area contributed by atoms with E-state index < -0.39 is 5.97 Å². The molecule has 5 heteroatoms. The molecule has 0 aliphatic rings. The van der Waals surface area contributed by atoms with Gasteiger partial charge in [0.05, 0.1) is 13.7 Å². The normalized spacial score (nSPS) is 11.9. The van der Waals surface area contributed by atoms with Gasteiger partial charge in [0, 0.05) is 12.1 Å². The van der Waals surface area contributed by atoms with Crippen molar-refractivity contribution in [1.82, 2.24) is 4.90 Å². The van der Waals surface area contributed by atoms with Crippen LogP contribution in [0.25, 0.3) is 0 Å². The van der Waals surface area contributed by atoms with Gasteiger partial charge < -0.3 is 14.9 Å². The molecule has 0 aromatic carbocycles. The van der Waals surface area contributed by atoms with E-state index in [0.29, 0.717) is 13.1 Å². The highest BCUT2D eigenvalue weighted by Gasteiger charge is 2.22. The molecule has 0 unspecified atom stereocenters. The lowest BCUT2D eigenvalue weighted by Crippen LogP contribution is -2.38. The largest absolute Gasteiger partial charge is 0.463 e. The van der Waals surface area contributed by atoms with Gasteiger partial charge in [-0.05, 0) is 31.5 Å². The summed E-state index contributed by atoms with van der Waals surface area (Å²) >= 11 is 0. The predicted octanol–water partition coefficient (Wildman–Crippen LogP) is 2.18. The zero-order valence-corrected chi connectivity index (χ0v) is 13.2. The number of methoxy groups -OCH3 is 1. The van der Waals surface area contributed by atoms with Crippen LogP contribution in [0.5, 0.6) is 0 Å². The minimum atomic E-state index is -0.431. The van der Waals surface area contributed by atoms with E-state index in [9.17, 15) is 4.79 Å². The number of carbonyl (C=O) groups excluding carboxylic acids is 1. The Hall–Kier alpha value is -1.33. The highest BCUT2D eigenvalue weighted by atomic mass is 16.5. The van der Waals surface area contributed by atoms with Gasteiger partial charge in [0.1, 0.15) is 5.76 Å². The molecule has 2 N–H and O–H groups in total. The first-order chi connectivity index (χ1) is 9.32. The molecule has 0 atom stereocenters. The molecule has 0 saturated carbocycles. The van der Waals surface area contributed by atoms with E-state index in [1.807, 2.05) is 13.0 Å². The van der Waals surface area contributed by atoms with Crippen molar-refractivity contribution in [2.75, 3.05) is 26.7 Å². The molecule has 1 heterocycles. The van der Waals surface area contributed by atoms with Crippen LogP contribution in [0.15, 0.2) is 10.5 Å². The Kier molecular flexibility index (Phi) is 5.77. The van der Waals surface area contributed by atoms with Crippen molar-refractivity contribution in [2.45, 2.75) is 34.2 Å². The molecule has 1 aromatic heterocycles. The molecule has 1 rings (SSSR count). The monoisotopic (exact) mass is 282 g/mol. The van der Waals surface area contributed by atoms with E-state index in [0.717, 1.165) is 24.4 Å². The number of carbonyl (C=O) groups is 1. The average Bonchev–Trinajstić information content (AvgIpc) is 2.77. The summed E-state index contributed by atoms with van der Waals surface area (Å²) in [4.78, 5) is 13.8. The Bertz CT molecular complexity index is 452. The lowest BCUT2D eigenvalue weighted by Gasteiger charge is -2.30. The summed E-state index contributed by atoms with van der Waals surface area (Å²) < 4.78 is 10.3. The van der Waals surface area contributed by atoms with Gasteiger partial charge in [-0.15, -0.1) is 0 Å². The molecule has 0 aliphatic heterocycles. The summed E-state index contributed by atoms with van der Waals surface area (Å²) in [5, 5.41) is 0. The maximum Gasteiger partial charge on any atom is 0.374 e. The van der Waals surface area contributed by atoms with Gasteiger partial charge in [0.15, 0.2) is 0 Å². The quantitative estimate of drug-likeness (QED) is 0.776. The molecule has 114 valence electrons. The fraction of sp³-hybridized carbons (Fsp3) is 0.667. The number of rotatable bonds is 7. The van der Waals surface area contributed by atoms with Crippen LogP contribution < -0.4 is 5.73 Å². The first-order valence-electron chi connectivity index (χ1n) is 6.93. The molecular weight excluding hydrogens is 256 g/mol. The van der Waals surface area contributed by atoms with Crippen LogP contribution in [0, 0.1) is 12.3 Å². The lowest BCUT2D eigenvalue weighted by molar-refractivity contribution is 0.0559. The van der Waals surface area contributed by atoms with E-state index >= 15 is 0 Å². The lowest BCUT2D eigenvalue weighted by atomic mass is 9.93. The van der Waals surface area contributed by atoms with E-state index in [1.165, 1.54) is 7.11 Å². The van der Waals surface area contributed by atoms with Gasteiger partial charge in [0.25, 0.3) is 0 Å². The summed E-state index contributed by atoms with van der Waals surface area (Å²) in [6, 6.07) is 1.89.